The van der Waals surface area contributed by atoms with Gasteiger partial charge in [0.1, 0.15) is 12.4 Å². The van der Waals surface area contributed by atoms with E-state index in [1.807, 2.05) is 17.5 Å². The molecule has 2 aromatic rings. The number of nitrogens with one attached hydrogen (secondary N) is 2. The maximum atomic E-state index is 11.9. The first-order valence-electron chi connectivity index (χ1n) is 8.00. The van der Waals surface area contributed by atoms with E-state index >= 15 is 0 Å². The predicted octanol–water partition coefficient (Wildman–Crippen LogP) is 3.15. The van der Waals surface area contributed by atoms with Crippen LogP contribution in [0, 0.1) is 0 Å². The van der Waals surface area contributed by atoms with Gasteiger partial charge in [-0.25, -0.2) is 9.78 Å². The summed E-state index contributed by atoms with van der Waals surface area (Å²) in [5, 5.41) is 17.5. The van der Waals surface area contributed by atoms with Crippen molar-refractivity contribution in [3.8, 4) is 5.75 Å². The van der Waals surface area contributed by atoms with Gasteiger partial charge in [-0.05, 0) is 37.8 Å². The molecule has 3 rings (SSSR count). The van der Waals surface area contributed by atoms with Gasteiger partial charge in [0.2, 0.25) is 0 Å². The summed E-state index contributed by atoms with van der Waals surface area (Å²) in [4.78, 5) is 16.1. The van der Waals surface area contributed by atoms with E-state index in [1.165, 1.54) is 11.3 Å². The Morgan fingerprint density at radius 1 is 1.42 bits per heavy atom. The first-order chi connectivity index (χ1) is 11.6. The van der Waals surface area contributed by atoms with Crippen molar-refractivity contribution in [2.75, 3.05) is 11.9 Å². The number of hydrogen-bond acceptors (Lipinski definition) is 5. The summed E-state index contributed by atoms with van der Waals surface area (Å²) in [7, 11) is 0. The zero-order valence-electron chi connectivity index (χ0n) is 13.3. The van der Waals surface area contributed by atoms with Crippen molar-refractivity contribution >= 4 is 23.1 Å². The van der Waals surface area contributed by atoms with E-state index in [0.29, 0.717) is 31.0 Å². The van der Waals surface area contributed by atoms with E-state index < -0.39 is 5.60 Å². The van der Waals surface area contributed by atoms with Gasteiger partial charge >= 0.3 is 6.03 Å². The Labute approximate surface area is 144 Å². The number of hydrogen-bond donors (Lipinski definition) is 3. The fourth-order valence-electron chi connectivity index (χ4n) is 2.55. The topological polar surface area (TPSA) is 83.5 Å². The van der Waals surface area contributed by atoms with Gasteiger partial charge in [-0.1, -0.05) is 6.07 Å². The van der Waals surface area contributed by atoms with Gasteiger partial charge in [0.15, 0.2) is 0 Å². The molecular formula is C17H21N3O3S. The largest absolute Gasteiger partial charge is 0.487 e. The molecule has 1 aromatic heterocycles. The van der Waals surface area contributed by atoms with Gasteiger partial charge in [0.25, 0.3) is 0 Å². The first kappa shape index (κ1) is 16.7. The highest BCUT2D eigenvalue weighted by Crippen LogP contribution is 2.34. The van der Waals surface area contributed by atoms with Crippen LogP contribution in [0.3, 0.4) is 0 Å². The Morgan fingerprint density at radius 3 is 3.00 bits per heavy atom. The highest BCUT2D eigenvalue weighted by molar-refractivity contribution is 7.07. The molecule has 24 heavy (non-hydrogen) atoms. The number of carbonyl (C=O) groups is 1. The summed E-state index contributed by atoms with van der Waals surface area (Å²) in [6.07, 6.45) is 3.32. The summed E-state index contributed by atoms with van der Waals surface area (Å²) in [6, 6.07) is 6.94. The number of benzene rings is 1. The molecule has 0 radical (unpaired) electrons. The van der Waals surface area contributed by atoms with Crippen LogP contribution in [0.15, 0.2) is 35.2 Å². The minimum Gasteiger partial charge on any atom is -0.487 e. The van der Waals surface area contributed by atoms with Gasteiger partial charge in [0.05, 0.1) is 16.8 Å². The summed E-state index contributed by atoms with van der Waals surface area (Å²) < 4.78 is 5.66. The second kappa shape index (κ2) is 7.63. The van der Waals surface area contributed by atoms with Crippen LogP contribution < -0.4 is 15.4 Å². The number of ether oxygens (including phenoxy) is 1. The lowest BCUT2D eigenvalue weighted by Gasteiger charge is -2.36. The lowest BCUT2D eigenvalue weighted by atomic mass is 9.78. The number of rotatable bonds is 7. The molecule has 0 unspecified atom stereocenters. The molecule has 1 heterocycles. The van der Waals surface area contributed by atoms with E-state index in [-0.39, 0.29) is 6.03 Å². The van der Waals surface area contributed by atoms with Crippen LogP contribution in [-0.2, 0) is 6.61 Å². The first-order valence-corrected chi connectivity index (χ1v) is 8.94. The third-order valence-corrected chi connectivity index (χ3v) is 4.76. The van der Waals surface area contributed by atoms with E-state index in [4.69, 9.17) is 4.74 Å². The highest BCUT2D eigenvalue weighted by Gasteiger charge is 2.33. The molecule has 1 aliphatic carbocycles. The Kier molecular flexibility index (Phi) is 5.32. The third-order valence-electron chi connectivity index (χ3n) is 4.12. The molecule has 7 heteroatoms. The molecule has 0 spiro atoms. The Hall–Kier alpha value is -2.12. The number of anilines is 1. The van der Waals surface area contributed by atoms with Crippen molar-refractivity contribution in [1.29, 1.82) is 0 Å². The SMILES string of the molecule is O=C(NCCC1(O)CCC1)Nc1cccc(OCc2cscn2)c1. The monoisotopic (exact) mass is 347 g/mol. The Bertz CT molecular complexity index is 671. The Balaban J connectivity index is 1.44. The average molecular weight is 347 g/mol. The lowest BCUT2D eigenvalue weighted by Crippen LogP contribution is -2.41. The second-order valence-corrected chi connectivity index (χ2v) is 6.72. The zero-order valence-corrected chi connectivity index (χ0v) is 14.1. The number of urea groups is 1. The van der Waals surface area contributed by atoms with Crippen molar-refractivity contribution in [2.45, 2.75) is 37.9 Å². The number of aromatic nitrogens is 1. The van der Waals surface area contributed by atoms with Gasteiger partial charge in [-0.2, -0.15) is 0 Å². The van der Waals surface area contributed by atoms with Crippen LogP contribution in [0.2, 0.25) is 0 Å². The van der Waals surface area contributed by atoms with Crippen molar-refractivity contribution in [3.05, 3.63) is 40.8 Å². The van der Waals surface area contributed by atoms with Crippen LogP contribution in [0.4, 0.5) is 10.5 Å². The van der Waals surface area contributed by atoms with Gasteiger partial charge in [-0.3, -0.25) is 0 Å². The molecule has 1 saturated carbocycles. The van der Waals surface area contributed by atoms with Crippen LogP contribution in [-0.4, -0.2) is 28.3 Å². The zero-order chi connectivity index (χ0) is 16.8. The van der Waals surface area contributed by atoms with Crippen LogP contribution >= 0.6 is 11.3 Å². The minimum atomic E-state index is -0.573. The Morgan fingerprint density at radius 2 is 2.29 bits per heavy atom. The molecule has 6 nitrogen and oxygen atoms in total. The molecule has 0 atom stereocenters. The normalized spacial score (nSPS) is 15.4. The fourth-order valence-corrected chi connectivity index (χ4v) is 3.09. The van der Waals surface area contributed by atoms with E-state index in [9.17, 15) is 9.90 Å². The quantitative estimate of drug-likeness (QED) is 0.718. The maximum Gasteiger partial charge on any atom is 0.319 e. The lowest BCUT2D eigenvalue weighted by molar-refractivity contribution is -0.0388. The summed E-state index contributed by atoms with van der Waals surface area (Å²) in [5.41, 5.74) is 2.73. The fraction of sp³-hybridized carbons (Fsp3) is 0.412. The smallest absolute Gasteiger partial charge is 0.319 e. The maximum absolute atomic E-state index is 11.9. The van der Waals surface area contributed by atoms with Crippen LogP contribution in [0.5, 0.6) is 5.75 Å². The van der Waals surface area contributed by atoms with Crippen LogP contribution in [0.1, 0.15) is 31.4 Å². The summed E-state index contributed by atoms with van der Waals surface area (Å²) >= 11 is 1.53. The van der Waals surface area contributed by atoms with Crippen molar-refractivity contribution < 1.29 is 14.6 Å². The van der Waals surface area contributed by atoms with E-state index in [1.54, 1.807) is 17.6 Å². The van der Waals surface area contributed by atoms with Gasteiger partial charge in [0, 0.05) is 23.7 Å². The van der Waals surface area contributed by atoms with Gasteiger partial charge in [-0.15, -0.1) is 11.3 Å². The second-order valence-electron chi connectivity index (χ2n) is 6.01. The number of amides is 2. The minimum absolute atomic E-state index is 0.283. The molecule has 128 valence electrons. The standard InChI is InChI=1S/C17H21N3O3S/c21-16(18-8-7-17(22)5-2-6-17)20-13-3-1-4-15(9-13)23-10-14-11-24-12-19-14/h1,3-4,9,11-12,22H,2,5-8,10H2,(H2,18,20,21). The molecule has 1 aromatic carbocycles. The molecule has 2 amide bonds. The van der Waals surface area contributed by atoms with Gasteiger partial charge < -0.3 is 20.5 Å². The molecule has 0 aliphatic heterocycles. The van der Waals surface area contributed by atoms with E-state index in [2.05, 4.69) is 15.6 Å². The van der Waals surface area contributed by atoms with Crippen molar-refractivity contribution in [1.82, 2.24) is 10.3 Å². The summed E-state index contributed by atoms with van der Waals surface area (Å²) in [5.74, 6) is 0.671. The van der Waals surface area contributed by atoms with Crippen molar-refractivity contribution in [2.24, 2.45) is 0 Å². The molecule has 1 aliphatic rings. The highest BCUT2D eigenvalue weighted by atomic mass is 32.1. The molecule has 1 fully saturated rings. The molecular weight excluding hydrogens is 326 g/mol. The third kappa shape index (κ3) is 4.69. The van der Waals surface area contributed by atoms with E-state index in [0.717, 1.165) is 25.0 Å². The average Bonchev–Trinajstić information content (AvgIpc) is 3.05. The number of thiazole rings is 1. The molecule has 0 bridgehead atoms. The molecule has 0 saturated heterocycles. The number of aliphatic hydroxyl groups is 1. The molecule has 3 N–H and O–H groups in total. The number of carbonyl (C=O) groups excluding carboxylic acids is 1. The van der Waals surface area contributed by atoms with Crippen LogP contribution in [0.25, 0.3) is 0 Å². The predicted molar refractivity (Wildman–Crippen MR) is 93.3 cm³/mol. The van der Waals surface area contributed by atoms with Crippen molar-refractivity contribution in [3.63, 3.8) is 0 Å². The summed E-state index contributed by atoms with van der Waals surface area (Å²) in [6.45, 7) is 0.861. The number of nitrogens with zero attached hydrogens (tertiary/aromatic N) is 1.